The van der Waals surface area contributed by atoms with Crippen LogP contribution in [0.5, 0.6) is 0 Å². The lowest BCUT2D eigenvalue weighted by atomic mass is 9.89. The molecule has 1 saturated carbocycles. The molecule has 2 aliphatic heterocycles. The van der Waals surface area contributed by atoms with Crippen molar-refractivity contribution in [2.45, 2.75) is 37.3 Å². The second-order valence-corrected chi connectivity index (χ2v) is 8.44. The highest BCUT2D eigenvalue weighted by Crippen LogP contribution is 2.45. The molecular formula is C24H27N3O3. The monoisotopic (exact) mass is 405 g/mol. The van der Waals surface area contributed by atoms with Crippen LogP contribution in [0.1, 0.15) is 37.4 Å². The average molecular weight is 405 g/mol. The maximum atomic E-state index is 13.6. The summed E-state index contributed by atoms with van der Waals surface area (Å²) in [4.78, 5) is 30.7. The van der Waals surface area contributed by atoms with Gasteiger partial charge in [-0.2, -0.15) is 0 Å². The molecule has 0 unspecified atom stereocenters. The minimum Gasteiger partial charge on any atom is -0.371 e. The van der Waals surface area contributed by atoms with Crippen molar-refractivity contribution in [3.05, 3.63) is 60.2 Å². The molecule has 1 saturated heterocycles. The van der Waals surface area contributed by atoms with Crippen molar-refractivity contribution in [2.75, 3.05) is 36.5 Å². The number of morpholine rings is 1. The van der Waals surface area contributed by atoms with E-state index in [0.717, 1.165) is 29.8 Å². The fourth-order valence-electron chi connectivity index (χ4n) is 5.11. The van der Waals surface area contributed by atoms with Gasteiger partial charge in [-0.1, -0.05) is 55.3 Å². The molecule has 0 aromatic heterocycles. The second-order valence-electron chi connectivity index (χ2n) is 8.44. The number of hydrogen-bond acceptors (Lipinski definition) is 4. The standard InChI is InChI=1S/C24H27N3O3/c28-22(17-26-14-15-30-21(16-26)18-8-2-1-3-9-18)27-20-11-5-4-10-19(20)25-23(29)24(27)12-6-7-13-24/h1-5,8-11,21H,6-7,12-17H2,(H,25,29)/t21-/m0/s1. The molecule has 1 aliphatic carbocycles. The molecule has 2 amide bonds. The molecule has 6 nitrogen and oxygen atoms in total. The minimum atomic E-state index is -0.753. The van der Waals surface area contributed by atoms with E-state index in [4.69, 9.17) is 4.74 Å². The van der Waals surface area contributed by atoms with E-state index in [-0.39, 0.29) is 24.5 Å². The number of carbonyl (C=O) groups excluding carboxylic acids is 2. The summed E-state index contributed by atoms with van der Waals surface area (Å²) in [5.41, 5.74) is 1.91. The summed E-state index contributed by atoms with van der Waals surface area (Å²) in [5, 5.41) is 3.04. The Morgan fingerprint density at radius 3 is 2.60 bits per heavy atom. The quantitative estimate of drug-likeness (QED) is 0.851. The van der Waals surface area contributed by atoms with Crippen LogP contribution in [0.3, 0.4) is 0 Å². The number of anilines is 2. The molecule has 156 valence electrons. The zero-order chi connectivity index (χ0) is 20.6. The number of fused-ring (bicyclic) bond motifs is 1. The minimum absolute atomic E-state index is 0.00656. The van der Waals surface area contributed by atoms with Gasteiger partial charge >= 0.3 is 0 Å². The summed E-state index contributed by atoms with van der Waals surface area (Å²) in [7, 11) is 0. The van der Waals surface area contributed by atoms with Crippen molar-refractivity contribution >= 4 is 23.2 Å². The van der Waals surface area contributed by atoms with Gasteiger partial charge in [-0.15, -0.1) is 0 Å². The van der Waals surface area contributed by atoms with Gasteiger partial charge in [0.2, 0.25) is 5.91 Å². The molecule has 3 aliphatic rings. The molecule has 6 heteroatoms. The summed E-state index contributed by atoms with van der Waals surface area (Å²) < 4.78 is 5.96. The van der Waals surface area contributed by atoms with Gasteiger partial charge in [0, 0.05) is 13.1 Å². The van der Waals surface area contributed by atoms with Crippen LogP contribution in [0.2, 0.25) is 0 Å². The van der Waals surface area contributed by atoms with E-state index in [1.54, 1.807) is 4.90 Å². The molecule has 2 aromatic rings. The summed E-state index contributed by atoms with van der Waals surface area (Å²) in [6.45, 7) is 2.26. The highest BCUT2D eigenvalue weighted by Gasteiger charge is 2.52. The zero-order valence-corrected chi connectivity index (χ0v) is 17.0. The van der Waals surface area contributed by atoms with Gasteiger partial charge in [-0.05, 0) is 30.5 Å². The third-order valence-electron chi connectivity index (χ3n) is 6.60. The number of hydrogen-bond donors (Lipinski definition) is 1. The van der Waals surface area contributed by atoms with Crippen molar-refractivity contribution < 1.29 is 14.3 Å². The predicted molar refractivity (Wildman–Crippen MR) is 115 cm³/mol. The van der Waals surface area contributed by atoms with Crippen LogP contribution in [0, 0.1) is 0 Å². The number of benzene rings is 2. The first-order valence-corrected chi connectivity index (χ1v) is 10.8. The second kappa shape index (κ2) is 7.85. The van der Waals surface area contributed by atoms with E-state index in [9.17, 15) is 9.59 Å². The summed E-state index contributed by atoms with van der Waals surface area (Å²) in [5.74, 6) is -0.0518. The van der Waals surface area contributed by atoms with E-state index in [1.165, 1.54) is 0 Å². The van der Waals surface area contributed by atoms with Crippen molar-refractivity contribution in [3.8, 4) is 0 Å². The molecule has 1 N–H and O–H groups in total. The number of ether oxygens (including phenoxy) is 1. The van der Waals surface area contributed by atoms with Crippen molar-refractivity contribution in [1.29, 1.82) is 0 Å². The lowest BCUT2D eigenvalue weighted by Crippen LogP contribution is -2.62. The highest BCUT2D eigenvalue weighted by atomic mass is 16.5. The molecule has 1 atom stereocenters. The number of para-hydroxylation sites is 2. The zero-order valence-electron chi connectivity index (χ0n) is 17.0. The Hall–Kier alpha value is -2.70. The molecule has 30 heavy (non-hydrogen) atoms. The Bertz CT molecular complexity index is 940. The molecule has 1 spiro atoms. The lowest BCUT2D eigenvalue weighted by molar-refractivity contribution is -0.129. The third-order valence-corrected chi connectivity index (χ3v) is 6.60. The Labute approximate surface area is 176 Å². The van der Waals surface area contributed by atoms with Gasteiger partial charge in [-0.3, -0.25) is 19.4 Å². The van der Waals surface area contributed by atoms with E-state index in [1.807, 2.05) is 42.5 Å². The van der Waals surface area contributed by atoms with Crippen LogP contribution in [0.4, 0.5) is 11.4 Å². The molecule has 0 bridgehead atoms. The first kappa shape index (κ1) is 19.3. The number of nitrogens with zero attached hydrogens (tertiary/aromatic N) is 2. The van der Waals surface area contributed by atoms with Crippen LogP contribution in [-0.4, -0.2) is 48.5 Å². The first-order valence-electron chi connectivity index (χ1n) is 10.8. The van der Waals surface area contributed by atoms with Crippen molar-refractivity contribution in [2.24, 2.45) is 0 Å². The highest BCUT2D eigenvalue weighted by molar-refractivity contribution is 6.15. The largest absolute Gasteiger partial charge is 0.371 e. The summed E-state index contributed by atoms with van der Waals surface area (Å²) in [6, 6.07) is 17.8. The molecule has 5 rings (SSSR count). The van der Waals surface area contributed by atoms with E-state index < -0.39 is 5.54 Å². The Morgan fingerprint density at radius 1 is 1.07 bits per heavy atom. The normalized spacial score (nSPS) is 23.3. The van der Waals surface area contributed by atoms with Gasteiger partial charge in [0.05, 0.1) is 30.6 Å². The molecule has 2 heterocycles. The van der Waals surface area contributed by atoms with Crippen LogP contribution < -0.4 is 10.2 Å². The summed E-state index contributed by atoms with van der Waals surface area (Å²) >= 11 is 0. The van der Waals surface area contributed by atoms with E-state index >= 15 is 0 Å². The van der Waals surface area contributed by atoms with Gasteiger partial charge in [0.25, 0.3) is 5.91 Å². The molecule has 2 fully saturated rings. The van der Waals surface area contributed by atoms with Crippen LogP contribution in [0.15, 0.2) is 54.6 Å². The number of nitrogens with one attached hydrogen (secondary N) is 1. The Balaban J connectivity index is 1.39. The maximum Gasteiger partial charge on any atom is 0.250 e. The molecule has 0 radical (unpaired) electrons. The van der Waals surface area contributed by atoms with Gasteiger partial charge in [-0.25, -0.2) is 0 Å². The Morgan fingerprint density at radius 2 is 1.80 bits per heavy atom. The summed E-state index contributed by atoms with van der Waals surface area (Å²) in [6.07, 6.45) is 3.33. The Kier molecular flexibility index (Phi) is 5.05. The van der Waals surface area contributed by atoms with Crippen molar-refractivity contribution in [1.82, 2.24) is 4.90 Å². The van der Waals surface area contributed by atoms with E-state index in [0.29, 0.717) is 32.5 Å². The number of amides is 2. The topological polar surface area (TPSA) is 61.9 Å². The average Bonchev–Trinajstić information content (AvgIpc) is 3.26. The number of carbonyl (C=O) groups is 2. The van der Waals surface area contributed by atoms with E-state index in [2.05, 4.69) is 22.3 Å². The number of rotatable bonds is 3. The lowest BCUT2D eigenvalue weighted by Gasteiger charge is -2.45. The van der Waals surface area contributed by atoms with Crippen LogP contribution in [-0.2, 0) is 14.3 Å². The first-order chi connectivity index (χ1) is 14.7. The SMILES string of the molecule is O=C(CN1CCO[C@H](c2ccccc2)C1)N1c2ccccc2NC(=O)C12CCCC2. The molecular weight excluding hydrogens is 378 g/mol. The maximum absolute atomic E-state index is 13.6. The van der Waals surface area contributed by atoms with Crippen LogP contribution in [0.25, 0.3) is 0 Å². The van der Waals surface area contributed by atoms with Crippen molar-refractivity contribution in [3.63, 3.8) is 0 Å². The molecule has 2 aromatic carbocycles. The van der Waals surface area contributed by atoms with Gasteiger partial charge in [0.1, 0.15) is 5.54 Å². The van der Waals surface area contributed by atoms with Gasteiger partial charge in [0.15, 0.2) is 0 Å². The predicted octanol–water partition coefficient (Wildman–Crippen LogP) is 3.36. The van der Waals surface area contributed by atoms with Gasteiger partial charge < -0.3 is 10.1 Å². The smallest absolute Gasteiger partial charge is 0.250 e. The fraction of sp³-hybridized carbons (Fsp3) is 0.417. The van der Waals surface area contributed by atoms with Crippen LogP contribution >= 0.6 is 0 Å². The third kappa shape index (κ3) is 3.30. The fourth-order valence-corrected chi connectivity index (χ4v) is 5.11.